The van der Waals surface area contributed by atoms with E-state index in [1.165, 1.54) is 0 Å². The third-order valence-electron chi connectivity index (χ3n) is 1.77. The van der Waals surface area contributed by atoms with Crippen LogP contribution in [0.5, 0.6) is 0 Å². The molecule has 0 aliphatic rings. The largest absolute Gasteiger partial charge is 0.323 e. The van der Waals surface area contributed by atoms with E-state index < -0.39 is 0 Å². The molecule has 0 radical (unpaired) electrons. The van der Waals surface area contributed by atoms with Crippen LogP contribution < -0.4 is 5.73 Å². The van der Waals surface area contributed by atoms with Gasteiger partial charge in [-0.3, -0.25) is 4.98 Å². The van der Waals surface area contributed by atoms with E-state index in [9.17, 15) is 0 Å². The highest BCUT2D eigenvalue weighted by Crippen LogP contribution is 2.11. The number of imidazole rings is 1. The van der Waals surface area contributed by atoms with Gasteiger partial charge in [0.05, 0.1) is 5.69 Å². The molecule has 2 aromatic heterocycles. The Bertz CT molecular complexity index is 391. The highest BCUT2D eigenvalue weighted by atomic mass is 15.0. The van der Waals surface area contributed by atoms with Gasteiger partial charge in [-0.1, -0.05) is 0 Å². The molecule has 2 rings (SSSR count). The lowest BCUT2D eigenvalue weighted by molar-refractivity contribution is 0.778. The third kappa shape index (κ3) is 0.967. The van der Waals surface area contributed by atoms with Crippen LogP contribution in [-0.2, 0) is 0 Å². The van der Waals surface area contributed by atoms with Crippen molar-refractivity contribution >= 4 is 5.65 Å². The van der Waals surface area contributed by atoms with Gasteiger partial charge in [0.1, 0.15) is 0 Å². The second-order valence-corrected chi connectivity index (χ2v) is 2.76. The minimum absolute atomic E-state index is 0.0731. The molecular formula is C8H10N4. The van der Waals surface area contributed by atoms with E-state index >= 15 is 0 Å². The Morgan fingerprint density at radius 3 is 2.67 bits per heavy atom. The Balaban J connectivity index is 2.73. The molecule has 0 fully saturated rings. The van der Waals surface area contributed by atoms with Crippen molar-refractivity contribution in [3.63, 3.8) is 0 Å². The number of hydrogen-bond donors (Lipinski definition) is 1. The van der Waals surface area contributed by atoms with E-state index in [4.69, 9.17) is 5.73 Å². The summed E-state index contributed by atoms with van der Waals surface area (Å²) in [4.78, 5) is 8.33. The molecule has 1 unspecified atom stereocenters. The number of fused-ring (bicyclic) bond motifs is 1. The number of rotatable bonds is 1. The fourth-order valence-corrected chi connectivity index (χ4v) is 1.20. The predicted octanol–water partition coefficient (Wildman–Crippen LogP) is 0.749. The molecule has 0 bridgehead atoms. The van der Waals surface area contributed by atoms with Crippen LogP contribution in [-0.4, -0.2) is 14.4 Å². The molecule has 0 saturated carbocycles. The van der Waals surface area contributed by atoms with Gasteiger partial charge < -0.3 is 10.1 Å². The quantitative estimate of drug-likeness (QED) is 0.673. The first kappa shape index (κ1) is 7.24. The second kappa shape index (κ2) is 2.57. The zero-order valence-electron chi connectivity index (χ0n) is 6.81. The molecule has 4 nitrogen and oxygen atoms in total. The van der Waals surface area contributed by atoms with Crippen LogP contribution in [0, 0.1) is 0 Å². The molecule has 0 aliphatic carbocycles. The van der Waals surface area contributed by atoms with Gasteiger partial charge in [-0.25, -0.2) is 4.98 Å². The Morgan fingerprint density at radius 1 is 1.33 bits per heavy atom. The van der Waals surface area contributed by atoms with Crippen molar-refractivity contribution in [3.8, 4) is 0 Å². The highest BCUT2D eigenvalue weighted by Gasteiger charge is 2.06. The fourth-order valence-electron chi connectivity index (χ4n) is 1.20. The zero-order valence-corrected chi connectivity index (χ0v) is 6.81. The third-order valence-corrected chi connectivity index (χ3v) is 1.77. The van der Waals surface area contributed by atoms with Crippen molar-refractivity contribution in [1.82, 2.24) is 14.4 Å². The maximum atomic E-state index is 5.72. The van der Waals surface area contributed by atoms with Crippen LogP contribution >= 0.6 is 0 Å². The fraction of sp³-hybridized carbons (Fsp3) is 0.250. The first-order chi connectivity index (χ1) is 5.79. The van der Waals surface area contributed by atoms with Gasteiger partial charge in [-0.2, -0.15) is 0 Å². The van der Waals surface area contributed by atoms with Crippen molar-refractivity contribution in [3.05, 3.63) is 30.5 Å². The maximum Gasteiger partial charge on any atom is 0.160 e. The zero-order chi connectivity index (χ0) is 8.55. The number of hydrogen-bond acceptors (Lipinski definition) is 3. The van der Waals surface area contributed by atoms with E-state index in [1.807, 2.05) is 23.7 Å². The molecule has 2 heterocycles. The Labute approximate surface area is 70.1 Å². The molecule has 62 valence electrons. The summed E-state index contributed by atoms with van der Waals surface area (Å²) in [5.74, 6) is 0. The highest BCUT2D eigenvalue weighted by molar-refractivity contribution is 5.44. The summed E-state index contributed by atoms with van der Waals surface area (Å²) < 4.78 is 1.91. The minimum Gasteiger partial charge on any atom is -0.323 e. The molecule has 0 spiro atoms. The average Bonchev–Trinajstić information content (AvgIpc) is 2.49. The summed E-state index contributed by atoms with van der Waals surface area (Å²) in [5.41, 5.74) is 7.40. The van der Waals surface area contributed by atoms with Crippen LogP contribution in [0.1, 0.15) is 18.7 Å². The molecule has 1 atom stereocenters. The normalized spacial score (nSPS) is 13.5. The average molecular weight is 162 g/mol. The van der Waals surface area contributed by atoms with E-state index in [0.717, 1.165) is 11.3 Å². The molecule has 0 aliphatic heterocycles. The molecule has 2 N–H and O–H groups in total. The first-order valence-corrected chi connectivity index (χ1v) is 3.82. The Hall–Kier alpha value is -1.42. The van der Waals surface area contributed by atoms with Crippen LogP contribution in [0.2, 0.25) is 0 Å². The summed E-state index contributed by atoms with van der Waals surface area (Å²) in [6, 6.07) is -0.0731. The van der Waals surface area contributed by atoms with Crippen molar-refractivity contribution < 1.29 is 0 Å². The Morgan fingerprint density at radius 2 is 2.00 bits per heavy atom. The van der Waals surface area contributed by atoms with Crippen molar-refractivity contribution in [2.45, 2.75) is 13.0 Å². The molecular weight excluding hydrogens is 152 g/mol. The van der Waals surface area contributed by atoms with Crippen LogP contribution in [0.3, 0.4) is 0 Å². The van der Waals surface area contributed by atoms with Gasteiger partial charge in [0.25, 0.3) is 0 Å². The standard InChI is InChI=1S/C8H10N4/c1-6(9)7-8-11-3-5-12(8)4-2-10-7/h2-6H,9H2,1H3. The van der Waals surface area contributed by atoms with E-state index in [0.29, 0.717) is 0 Å². The number of aromatic nitrogens is 3. The lowest BCUT2D eigenvalue weighted by Gasteiger charge is -2.04. The Kier molecular flexibility index (Phi) is 1.55. The monoisotopic (exact) mass is 162 g/mol. The van der Waals surface area contributed by atoms with Crippen LogP contribution in [0.4, 0.5) is 0 Å². The molecule has 0 amide bonds. The maximum absolute atomic E-state index is 5.72. The summed E-state index contributed by atoms with van der Waals surface area (Å²) in [5, 5.41) is 0. The van der Waals surface area contributed by atoms with Gasteiger partial charge >= 0.3 is 0 Å². The van der Waals surface area contributed by atoms with E-state index in [-0.39, 0.29) is 6.04 Å². The summed E-state index contributed by atoms with van der Waals surface area (Å²) >= 11 is 0. The lowest BCUT2D eigenvalue weighted by Crippen LogP contribution is -2.09. The van der Waals surface area contributed by atoms with Gasteiger partial charge in [0.15, 0.2) is 5.65 Å². The molecule has 12 heavy (non-hydrogen) atoms. The van der Waals surface area contributed by atoms with Gasteiger partial charge in [0.2, 0.25) is 0 Å². The molecule has 4 heteroatoms. The smallest absolute Gasteiger partial charge is 0.160 e. The molecule has 0 aromatic carbocycles. The predicted molar refractivity (Wildman–Crippen MR) is 45.6 cm³/mol. The molecule has 2 aromatic rings. The minimum atomic E-state index is -0.0731. The van der Waals surface area contributed by atoms with Crippen molar-refractivity contribution in [2.75, 3.05) is 0 Å². The summed E-state index contributed by atoms with van der Waals surface area (Å²) in [6.45, 7) is 1.90. The van der Waals surface area contributed by atoms with Crippen molar-refractivity contribution in [1.29, 1.82) is 0 Å². The topological polar surface area (TPSA) is 56.2 Å². The van der Waals surface area contributed by atoms with Gasteiger partial charge in [-0.05, 0) is 6.92 Å². The van der Waals surface area contributed by atoms with Crippen LogP contribution in [0.25, 0.3) is 5.65 Å². The van der Waals surface area contributed by atoms with E-state index in [2.05, 4.69) is 9.97 Å². The first-order valence-electron chi connectivity index (χ1n) is 3.82. The second-order valence-electron chi connectivity index (χ2n) is 2.76. The van der Waals surface area contributed by atoms with E-state index in [1.54, 1.807) is 12.4 Å². The lowest BCUT2D eigenvalue weighted by atomic mass is 10.2. The molecule has 0 saturated heterocycles. The summed E-state index contributed by atoms with van der Waals surface area (Å²) in [6.07, 6.45) is 7.20. The van der Waals surface area contributed by atoms with Gasteiger partial charge in [0, 0.05) is 30.8 Å². The van der Waals surface area contributed by atoms with Gasteiger partial charge in [-0.15, -0.1) is 0 Å². The SMILES string of the molecule is CC(N)c1nccn2ccnc12. The number of nitrogens with two attached hydrogens (primary N) is 1. The summed E-state index contributed by atoms with van der Waals surface area (Å²) in [7, 11) is 0. The van der Waals surface area contributed by atoms with Crippen LogP contribution in [0.15, 0.2) is 24.8 Å². The van der Waals surface area contributed by atoms with Crippen molar-refractivity contribution in [2.24, 2.45) is 5.73 Å². The number of nitrogens with zero attached hydrogens (tertiary/aromatic N) is 3.